The third kappa shape index (κ3) is 4.68. The highest BCUT2D eigenvalue weighted by molar-refractivity contribution is 5.88. The van der Waals surface area contributed by atoms with Crippen molar-refractivity contribution in [3.8, 4) is 11.3 Å². The number of rotatable bonds is 6. The molecule has 1 aromatic heterocycles. The van der Waals surface area contributed by atoms with E-state index in [-0.39, 0.29) is 17.7 Å². The van der Waals surface area contributed by atoms with E-state index >= 15 is 0 Å². The van der Waals surface area contributed by atoms with Gasteiger partial charge >= 0.3 is 0 Å². The molecule has 2 amide bonds. The number of hydrogen-bond acceptors (Lipinski definition) is 3. The van der Waals surface area contributed by atoms with Crippen LogP contribution in [0.25, 0.3) is 11.3 Å². The lowest BCUT2D eigenvalue weighted by Gasteiger charge is -2.26. The number of amides is 2. The van der Waals surface area contributed by atoms with Crippen LogP contribution in [0.4, 0.5) is 8.78 Å². The molecule has 1 aliphatic rings. The summed E-state index contributed by atoms with van der Waals surface area (Å²) in [5.41, 5.74) is 1.28. The Bertz CT molecular complexity index is 941. The van der Waals surface area contributed by atoms with Gasteiger partial charge in [0.15, 0.2) is 0 Å². The molecule has 2 atom stereocenters. The lowest BCUT2D eigenvalue weighted by Crippen LogP contribution is -2.46. The molecule has 0 aliphatic carbocycles. The molecule has 2 aromatic rings. The number of nitrogens with one attached hydrogen (secondary N) is 1. The van der Waals surface area contributed by atoms with Crippen molar-refractivity contribution in [1.29, 1.82) is 0 Å². The molecule has 1 aliphatic heterocycles. The van der Waals surface area contributed by atoms with Crippen LogP contribution >= 0.6 is 0 Å². The summed E-state index contributed by atoms with van der Waals surface area (Å²) < 4.78 is 29.4. The van der Waals surface area contributed by atoms with Gasteiger partial charge in [0, 0.05) is 37.2 Å². The molecule has 1 aromatic carbocycles. The van der Waals surface area contributed by atoms with Crippen molar-refractivity contribution in [1.82, 2.24) is 20.0 Å². The predicted molar refractivity (Wildman–Crippen MR) is 109 cm³/mol. The highest BCUT2D eigenvalue weighted by atomic mass is 19.1. The Kier molecular flexibility index (Phi) is 6.53. The number of aryl methyl sites for hydroxylation is 1. The van der Waals surface area contributed by atoms with Crippen LogP contribution in [-0.2, 0) is 16.6 Å². The van der Waals surface area contributed by atoms with E-state index in [1.165, 1.54) is 16.8 Å². The van der Waals surface area contributed by atoms with E-state index in [0.717, 1.165) is 6.42 Å². The summed E-state index contributed by atoms with van der Waals surface area (Å²) in [5, 5.41) is 6.48. The molecular weight excluding hydrogens is 390 g/mol. The van der Waals surface area contributed by atoms with E-state index in [9.17, 15) is 18.4 Å². The Morgan fingerprint density at radius 2 is 1.97 bits per heavy atom. The molecular formula is C22H28F2N4O2. The van der Waals surface area contributed by atoms with Crippen LogP contribution in [0.1, 0.15) is 51.6 Å². The van der Waals surface area contributed by atoms with Crippen molar-refractivity contribution in [2.75, 3.05) is 6.54 Å². The van der Waals surface area contributed by atoms with E-state index < -0.39 is 23.8 Å². The summed E-state index contributed by atoms with van der Waals surface area (Å²) in [6.07, 6.45) is 1.79. The van der Waals surface area contributed by atoms with Crippen LogP contribution in [0, 0.1) is 17.7 Å². The third-order valence-corrected chi connectivity index (χ3v) is 5.43. The van der Waals surface area contributed by atoms with Gasteiger partial charge in [-0.15, -0.1) is 5.10 Å². The minimum atomic E-state index is -0.634. The van der Waals surface area contributed by atoms with Gasteiger partial charge in [-0.2, -0.15) is 4.39 Å². The van der Waals surface area contributed by atoms with Crippen LogP contribution in [0.3, 0.4) is 0 Å². The molecule has 0 bridgehead atoms. The molecule has 162 valence electrons. The average Bonchev–Trinajstić information content (AvgIpc) is 3.27. The van der Waals surface area contributed by atoms with Crippen LogP contribution in [0.5, 0.6) is 0 Å². The van der Waals surface area contributed by atoms with Crippen molar-refractivity contribution < 1.29 is 18.4 Å². The molecule has 3 rings (SSSR count). The maximum Gasteiger partial charge on any atom is 0.243 e. The second-order valence-electron chi connectivity index (χ2n) is 8.29. The molecule has 6 nitrogen and oxygen atoms in total. The molecule has 1 N–H and O–H groups in total. The second-order valence-corrected chi connectivity index (χ2v) is 8.29. The van der Waals surface area contributed by atoms with Crippen molar-refractivity contribution >= 4 is 11.8 Å². The van der Waals surface area contributed by atoms with Gasteiger partial charge in [-0.25, -0.2) is 4.39 Å². The number of nitrogens with zero attached hydrogens (tertiary/aromatic N) is 3. The maximum absolute atomic E-state index is 14.8. The summed E-state index contributed by atoms with van der Waals surface area (Å²) in [4.78, 5) is 26.9. The quantitative estimate of drug-likeness (QED) is 0.780. The Labute approximate surface area is 175 Å². The SMILES string of the molecule is CC(C)CC(=O)N1CCCC1C(=O)NC(C)c1ccc(-c2cc(F)nn2C)cc1F. The third-order valence-electron chi connectivity index (χ3n) is 5.43. The van der Waals surface area contributed by atoms with Crippen molar-refractivity contribution in [2.24, 2.45) is 13.0 Å². The fourth-order valence-electron chi connectivity index (χ4n) is 3.93. The van der Waals surface area contributed by atoms with Crippen molar-refractivity contribution in [3.63, 3.8) is 0 Å². The zero-order valence-corrected chi connectivity index (χ0v) is 17.8. The zero-order chi connectivity index (χ0) is 22.0. The Morgan fingerprint density at radius 1 is 1.23 bits per heavy atom. The number of benzene rings is 1. The number of aromatic nitrogens is 2. The smallest absolute Gasteiger partial charge is 0.243 e. The molecule has 2 heterocycles. The number of halogens is 2. The fourth-order valence-corrected chi connectivity index (χ4v) is 3.93. The number of hydrogen-bond donors (Lipinski definition) is 1. The van der Waals surface area contributed by atoms with E-state index in [4.69, 9.17) is 0 Å². The molecule has 8 heteroatoms. The van der Waals surface area contributed by atoms with Crippen molar-refractivity contribution in [2.45, 2.75) is 52.1 Å². The van der Waals surface area contributed by atoms with E-state index in [1.807, 2.05) is 13.8 Å². The topological polar surface area (TPSA) is 67.2 Å². The Morgan fingerprint density at radius 3 is 2.57 bits per heavy atom. The first-order valence-corrected chi connectivity index (χ1v) is 10.3. The number of carbonyl (C=O) groups excluding carboxylic acids is 2. The van der Waals surface area contributed by atoms with Gasteiger partial charge < -0.3 is 10.2 Å². The monoisotopic (exact) mass is 418 g/mol. The minimum absolute atomic E-state index is 0.0192. The van der Waals surface area contributed by atoms with Crippen molar-refractivity contribution in [3.05, 3.63) is 41.6 Å². The van der Waals surface area contributed by atoms with E-state index in [1.54, 1.807) is 31.0 Å². The van der Waals surface area contributed by atoms with Gasteiger partial charge in [0.25, 0.3) is 0 Å². The molecule has 30 heavy (non-hydrogen) atoms. The second kappa shape index (κ2) is 8.93. The predicted octanol–water partition coefficient (Wildman–Crippen LogP) is 3.58. The van der Waals surface area contributed by atoms with Gasteiger partial charge in [0.1, 0.15) is 11.9 Å². The summed E-state index contributed by atoms with van der Waals surface area (Å²) >= 11 is 0. The van der Waals surface area contributed by atoms with Crippen LogP contribution in [0.2, 0.25) is 0 Å². The van der Waals surface area contributed by atoms with Gasteiger partial charge in [-0.1, -0.05) is 26.0 Å². The molecule has 1 fully saturated rings. The summed E-state index contributed by atoms with van der Waals surface area (Å²) in [5.74, 6) is -1.20. The number of likely N-dealkylation sites (tertiary alicyclic amines) is 1. The zero-order valence-electron chi connectivity index (χ0n) is 17.8. The molecule has 0 radical (unpaired) electrons. The Hall–Kier alpha value is -2.77. The van der Waals surface area contributed by atoms with E-state index in [2.05, 4.69) is 10.4 Å². The molecule has 0 spiro atoms. The van der Waals surface area contributed by atoms with Gasteiger partial charge in [0.05, 0.1) is 11.7 Å². The molecule has 1 saturated heterocycles. The number of carbonyl (C=O) groups is 2. The standard InChI is InChI=1S/C22H28F2N4O2/c1-13(2)10-21(29)28-9-5-6-18(28)22(30)25-14(3)16-8-7-15(11-17(16)23)19-12-20(24)26-27(19)4/h7-8,11-14,18H,5-6,9-10H2,1-4H3,(H,25,30). The van der Waals surface area contributed by atoms with Gasteiger partial charge in [-0.05, 0) is 31.7 Å². The average molecular weight is 418 g/mol. The van der Waals surface area contributed by atoms with Gasteiger partial charge in [0.2, 0.25) is 17.8 Å². The highest BCUT2D eigenvalue weighted by Gasteiger charge is 2.34. The first-order valence-electron chi connectivity index (χ1n) is 10.3. The van der Waals surface area contributed by atoms with Crippen LogP contribution in [0.15, 0.2) is 24.3 Å². The van der Waals surface area contributed by atoms with E-state index in [0.29, 0.717) is 36.2 Å². The highest BCUT2D eigenvalue weighted by Crippen LogP contribution is 2.26. The molecule has 2 unspecified atom stereocenters. The molecule has 0 saturated carbocycles. The first-order chi connectivity index (χ1) is 14.2. The lowest BCUT2D eigenvalue weighted by molar-refractivity contribution is -0.139. The first kappa shape index (κ1) is 21.9. The minimum Gasteiger partial charge on any atom is -0.348 e. The fraction of sp³-hybridized carbons (Fsp3) is 0.500. The van der Waals surface area contributed by atoms with Gasteiger partial charge in [-0.3, -0.25) is 14.3 Å². The summed E-state index contributed by atoms with van der Waals surface area (Å²) in [7, 11) is 1.58. The maximum atomic E-state index is 14.8. The van der Waals surface area contributed by atoms with Crippen LogP contribution < -0.4 is 5.32 Å². The summed E-state index contributed by atoms with van der Waals surface area (Å²) in [6, 6.07) is 4.71. The largest absolute Gasteiger partial charge is 0.348 e. The summed E-state index contributed by atoms with van der Waals surface area (Å²) in [6.45, 7) is 6.21. The Balaban J connectivity index is 1.71. The lowest BCUT2D eigenvalue weighted by atomic mass is 10.0. The normalized spacial score (nSPS) is 17.4. The van der Waals surface area contributed by atoms with Crippen LogP contribution in [-0.4, -0.2) is 39.1 Å².